The Labute approximate surface area is 89.7 Å². The summed E-state index contributed by atoms with van der Waals surface area (Å²) in [5.41, 5.74) is 5.65. The molecule has 0 aliphatic carbocycles. The molecule has 0 aliphatic rings. The summed E-state index contributed by atoms with van der Waals surface area (Å²) in [6, 6.07) is 3.65. The van der Waals surface area contributed by atoms with Gasteiger partial charge in [0, 0.05) is 5.56 Å². The van der Waals surface area contributed by atoms with E-state index in [1.54, 1.807) is 0 Å². The first-order valence-corrected chi connectivity index (χ1v) is 5.45. The van der Waals surface area contributed by atoms with Crippen LogP contribution in [0.25, 0.3) is 11.4 Å². The summed E-state index contributed by atoms with van der Waals surface area (Å²) in [6.45, 7) is 0. The lowest BCUT2D eigenvalue weighted by Crippen LogP contribution is -1.99. The van der Waals surface area contributed by atoms with Gasteiger partial charge in [-0.3, -0.25) is 0 Å². The molecule has 16 heavy (non-hydrogen) atoms. The van der Waals surface area contributed by atoms with Crippen LogP contribution < -0.4 is 5.73 Å². The molecule has 0 amide bonds. The number of hydrogen-bond acceptors (Lipinski definition) is 6. The first-order valence-electron chi connectivity index (χ1n) is 4.06. The molecular weight excluding hydrogens is 237 g/mol. The fraction of sp³-hybridized carbons (Fsp3) is 0. The second kappa shape index (κ2) is 3.52. The molecule has 1 heterocycles. The van der Waals surface area contributed by atoms with Crippen molar-refractivity contribution in [3.8, 4) is 11.4 Å². The summed E-state index contributed by atoms with van der Waals surface area (Å²) in [7, 11) is -4.81. The van der Waals surface area contributed by atoms with Crippen LogP contribution in [0, 0.1) is 0 Å². The molecule has 0 saturated carbocycles. The van der Waals surface area contributed by atoms with E-state index in [-0.39, 0.29) is 11.5 Å². The zero-order valence-corrected chi connectivity index (χ0v) is 8.57. The number of anilines is 1. The van der Waals surface area contributed by atoms with Gasteiger partial charge in [0.15, 0.2) is 0 Å². The maximum atomic E-state index is 12.7. The summed E-state index contributed by atoms with van der Waals surface area (Å²) in [5, 5.41) is 12.9. The molecule has 0 spiro atoms. The third kappa shape index (κ3) is 1.84. The fourth-order valence-electron chi connectivity index (χ4n) is 1.19. The Morgan fingerprint density at radius 1 is 1.38 bits per heavy atom. The lowest BCUT2D eigenvalue weighted by Gasteiger charge is -2.01. The van der Waals surface area contributed by atoms with Crippen molar-refractivity contribution in [1.82, 2.24) is 20.6 Å². The standard InChI is InChI=1S/C7H6FN5O2S/c8-16(14,15)6-2-1-4(3-5(6)9)7-10-12-13-11-7/h1-3H,9H2,(H,10,11,12,13). The lowest BCUT2D eigenvalue weighted by atomic mass is 10.2. The first-order chi connectivity index (χ1) is 7.48. The molecule has 0 radical (unpaired) electrons. The monoisotopic (exact) mass is 243 g/mol. The van der Waals surface area contributed by atoms with Crippen LogP contribution in [-0.2, 0) is 10.2 Å². The number of nitrogens with zero attached hydrogens (tertiary/aromatic N) is 3. The van der Waals surface area contributed by atoms with Gasteiger partial charge in [-0.15, -0.1) is 14.1 Å². The van der Waals surface area contributed by atoms with Crippen LogP contribution in [0.15, 0.2) is 23.1 Å². The highest BCUT2D eigenvalue weighted by molar-refractivity contribution is 7.86. The number of tetrazole rings is 1. The maximum Gasteiger partial charge on any atom is 0.334 e. The second-order valence-corrected chi connectivity index (χ2v) is 4.24. The molecular formula is C7H6FN5O2S. The Hall–Kier alpha value is -2.03. The first kappa shape index (κ1) is 10.5. The average Bonchev–Trinajstić information content (AvgIpc) is 2.68. The van der Waals surface area contributed by atoms with E-state index < -0.39 is 15.1 Å². The predicted molar refractivity (Wildman–Crippen MR) is 52.3 cm³/mol. The zero-order chi connectivity index (χ0) is 11.8. The van der Waals surface area contributed by atoms with Gasteiger partial charge in [-0.25, -0.2) is 0 Å². The molecule has 2 aromatic rings. The van der Waals surface area contributed by atoms with Crippen molar-refractivity contribution < 1.29 is 12.3 Å². The van der Waals surface area contributed by atoms with Gasteiger partial charge in [0.05, 0.1) is 5.69 Å². The number of aromatic amines is 1. The number of benzene rings is 1. The molecule has 3 N–H and O–H groups in total. The van der Waals surface area contributed by atoms with Crippen molar-refractivity contribution in [2.24, 2.45) is 0 Å². The molecule has 0 atom stereocenters. The fourth-order valence-corrected chi connectivity index (χ4v) is 1.76. The van der Waals surface area contributed by atoms with Crippen molar-refractivity contribution in [2.45, 2.75) is 4.90 Å². The minimum absolute atomic E-state index is 0.204. The average molecular weight is 243 g/mol. The van der Waals surface area contributed by atoms with Crippen LogP contribution >= 0.6 is 0 Å². The van der Waals surface area contributed by atoms with Crippen molar-refractivity contribution in [3.05, 3.63) is 18.2 Å². The SMILES string of the molecule is Nc1cc(-c2nn[nH]n2)ccc1S(=O)(=O)F. The number of nitrogens with two attached hydrogens (primary N) is 1. The topological polar surface area (TPSA) is 115 Å². The smallest absolute Gasteiger partial charge is 0.334 e. The third-order valence-electron chi connectivity index (χ3n) is 1.88. The second-order valence-electron chi connectivity index (χ2n) is 2.93. The Balaban J connectivity index is 2.53. The predicted octanol–water partition coefficient (Wildman–Crippen LogP) is 0.107. The third-order valence-corrected chi connectivity index (χ3v) is 2.77. The van der Waals surface area contributed by atoms with Crippen LogP contribution in [0.4, 0.5) is 9.57 Å². The van der Waals surface area contributed by atoms with Crippen LogP contribution in [-0.4, -0.2) is 29.0 Å². The molecule has 2 rings (SSSR count). The highest BCUT2D eigenvalue weighted by atomic mass is 32.3. The summed E-state index contributed by atoms with van der Waals surface area (Å²) >= 11 is 0. The number of aromatic nitrogens is 4. The number of nitrogen functional groups attached to an aromatic ring is 1. The van der Waals surface area contributed by atoms with E-state index in [4.69, 9.17) is 5.73 Å². The minimum atomic E-state index is -4.81. The number of H-pyrrole nitrogens is 1. The summed E-state index contributed by atoms with van der Waals surface area (Å²) < 4.78 is 34.0. The van der Waals surface area contributed by atoms with Crippen LogP contribution in [0.3, 0.4) is 0 Å². The van der Waals surface area contributed by atoms with E-state index in [0.29, 0.717) is 5.56 Å². The van der Waals surface area contributed by atoms with Gasteiger partial charge >= 0.3 is 10.2 Å². The van der Waals surface area contributed by atoms with Gasteiger partial charge in [-0.1, -0.05) is 0 Å². The van der Waals surface area contributed by atoms with E-state index in [2.05, 4.69) is 20.6 Å². The lowest BCUT2D eigenvalue weighted by molar-refractivity contribution is 0.552. The molecule has 0 fully saturated rings. The van der Waals surface area contributed by atoms with Crippen molar-refractivity contribution in [2.75, 3.05) is 5.73 Å². The Morgan fingerprint density at radius 3 is 2.62 bits per heavy atom. The zero-order valence-electron chi connectivity index (χ0n) is 7.75. The van der Waals surface area contributed by atoms with Gasteiger partial charge in [0.25, 0.3) is 0 Å². The molecule has 1 aromatic carbocycles. The summed E-state index contributed by atoms with van der Waals surface area (Å²) in [5.74, 6) is 0.245. The van der Waals surface area contributed by atoms with Crippen molar-refractivity contribution in [1.29, 1.82) is 0 Å². The van der Waals surface area contributed by atoms with Gasteiger partial charge < -0.3 is 5.73 Å². The maximum absolute atomic E-state index is 12.7. The largest absolute Gasteiger partial charge is 0.398 e. The normalized spacial score (nSPS) is 11.6. The number of halogens is 1. The van der Waals surface area contributed by atoms with E-state index in [1.165, 1.54) is 12.1 Å². The molecule has 0 bridgehead atoms. The Morgan fingerprint density at radius 2 is 2.12 bits per heavy atom. The van der Waals surface area contributed by atoms with Crippen molar-refractivity contribution >= 4 is 15.9 Å². The molecule has 0 unspecified atom stereocenters. The molecule has 1 aromatic heterocycles. The minimum Gasteiger partial charge on any atom is -0.398 e. The van der Waals surface area contributed by atoms with Crippen LogP contribution in [0.5, 0.6) is 0 Å². The van der Waals surface area contributed by atoms with E-state index in [9.17, 15) is 12.3 Å². The van der Waals surface area contributed by atoms with Gasteiger partial charge in [-0.05, 0) is 23.4 Å². The van der Waals surface area contributed by atoms with Gasteiger partial charge in [-0.2, -0.15) is 13.6 Å². The molecule has 9 heteroatoms. The van der Waals surface area contributed by atoms with Gasteiger partial charge in [0.2, 0.25) is 5.82 Å². The quantitative estimate of drug-likeness (QED) is 0.571. The molecule has 0 aliphatic heterocycles. The number of nitrogens with one attached hydrogen (secondary N) is 1. The van der Waals surface area contributed by atoms with Crippen LogP contribution in [0.2, 0.25) is 0 Å². The van der Waals surface area contributed by atoms with E-state index in [0.717, 1.165) is 6.07 Å². The Kier molecular flexibility index (Phi) is 2.31. The summed E-state index contributed by atoms with van der Waals surface area (Å²) in [4.78, 5) is -0.570. The molecule has 0 saturated heterocycles. The van der Waals surface area contributed by atoms with Crippen LogP contribution in [0.1, 0.15) is 0 Å². The highest BCUT2D eigenvalue weighted by Gasteiger charge is 2.17. The molecule has 7 nitrogen and oxygen atoms in total. The van der Waals surface area contributed by atoms with E-state index >= 15 is 0 Å². The highest BCUT2D eigenvalue weighted by Crippen LogP contribution is 2.25. The van der Waals surface area contributed by atoms with Gasteiger partial charge in [0.1, 0.15) is 4.90 Å². The van der Waals surface area contributed by atoms with Crippen molar-refractivity contribution in [3.63, 3.8) is 0 Å². The van der Waals surface area contributed by atoms with E-state index in [1.807, 2.05) is 0 Å². The number of hydrogen-bond donors (Lipinski definition) is 2. The number of rotatable bonds is 2. The molecule has 84 valence electrons. The Bertz CT molecular complexity index is 610. The summed E-state index contributed by atoms with van der Waals surface area (Å²) in [6.07, 6.45) is 0.